The van der Waals surface area contributed by atoms with Gasteiger partial charge in [0.05, 0.1) is 5.75 Å². The lowest BCUT2D eigenvalue weighted by Crippen LogP contribution is -1.97. The van der Waals surface area contributed by atoms with Crippen LogP contribution < -0.4 is 0 Å². The molecule has 0 saturated carbocycles. The van der Waals surface area contributed by atoms with E-state index in [0.717, 1.165) is 11.5 Å². The Morgan fingerprint density at radius 1 is 1.67 bits per heavy atom. The molecular weight excluding hydrogens is 136 g/mol. The molecule has 0 aliphatic rings. The standard InChI is InChI=1S/C6H12O2S/c1-6(4-9-3)8-5-7-2/h1,4-5H2,2-3H3. The minimum atomic E-state index is 0.305. The van der Waals surface area contributed by atoms with Gasteiger partial charge in [-0.1, -0.05) is 6.58 Å². The monoisotopic (exact) mass is 148 g/mol. The van der Waals surface area contributed by atoms with Crippen LogP contribution >= 0.6 is 11.8 Å². The molecule has 0 saturated heterocycles. The van der Waals surface area contributed by atoms with Crippen molar-refractivity contribution in [2.45, 2.75) is 0 Å². The Morgan fingerprint density at radius 3 is 2.78 bits per heavy atom. The van der Waals surface area contributed by atoms with Crippen LogP contribution in [-0.2, 0) is 9.47 Å². The van der Waals surface area contributed by atoms with Crippen molar-refractivity contribution in [3.8, 4) is 0 Å². The Labute approximate surface area is 60.2 Å². The largest absolute Gasteiger partial charge is 0.472 e. The summed E-state index contributed by atoms with van der Waals surface area (Å²) in [6.45, 7) is 3.96. The Balaban J connectivity index is 3.06. The molecule has 0 unspecified atom stereocenters. The Hall–Kier alpha value is -0.150. The lowest BCUT2D eigenvalue weighted by molar-refractivity contribution is 0.00744. The maximum absolute atomic E-state index is 4.99. The quantitative estimate of drug-likeness (QED) is 0.434. The van der Waals surface area contributed by atoms with Crippen molar-refractivity contribution in [3.05, 3.63) is 12.3 Å². The zero-order chi connectivity index (χ0) is 7.11. The van der Waals surface area contributed by atoms with Crippen LogP contribution in [0, 0.1) is 0 Å². The fourth-order valence-corrected chi connectivity index (χ4v) is 0.750. The summed E-state index contributed by atoms with van der Waals surface area (Å²) in [6, 6.07) is 0. The lowest BCUT2D eigenvalue weighted by atomic mass is 10.7. The van der Waals surface area contributed by atoms with Crippen molar-refractivity contribution in [1.29, 1.82) is 0 Å². The van der Waals surface area contributed by atoms with Crippen molar-refractivity contribution in [3.63, 3.8) is 0 Å². The molecule has 0 aliphatic heterocycles. The molecule has 0 heterocycles. The molecule has 0 rings (SSSR count). The third-order valence-electron chi connectivity index (χ3n) is 0.686. The van der Waals surface area contributed by atoms with Crippen molar-refractivity contribution in [1.82, 2.24) is 0 Å². The number of thioether (sulfide) groups is 1. The first kappa shape index (κ1) is 8.85. The summed E-state index contributed by atoms with van der Waals surface area (Å²) in [4.78, 5) is 0. The summed E-state index contributed by atoms with van der Waals surface area (Å²) in [5.41, 5.74) is 0. The van der Waals surface area contributed by atoms with Gasteiger partial charge in [-0.3, -0.25) is 0 Å². The summed E-state index contributed by atoms with van der Waals surface area (Å²) >= 11 is 1.68. The van der Waals surface area contributed by atoms with E-state index in [-0.39, 0.29) is 0 Å². The van der Waals surface area contributed by atoms with Gasteiger partial charge >= 0.3 is 0 Å². The van der Waals surface area contributed by atoms with Gasteiger partial charge in [0.25, 0.3) is 0 Å². The average molecular weight is 148 g/mol. The van der Waals surface area contributed by atoms with E-state index in [1.165, 1.54) is 0 Å². The molecule has 0 aliphatic carbocycles. The molecule has 0 aromatic rings. The van der Waals surface area contributed by atoms with Gasteiger partial charge in [0.2, 0.25) is 0 Å². The summed E-state index contributed by atoms with van der Waals surface area (Å²) in [6.07, 6.45) is 2.00. The van der Waals surface area contributed by atoms with Crippen molar-refractivity contribution in [2.24, 2.45) is 0 Å². The van der Waals surface area contributed by atoms with Crippen LogP contribution in [0.5, 0.6) is 0 Å². The smallest absolute Gasteiger partial charge is 0.188 e. The van der Waals surface area contributed by atoms with E-state index < -0.39 is 0 Å². The van der Waals surface area contributed by atoms with Crippen LogP contribution in [0.3, 0.4) is 0 Å². The topological polar surface area (TPSA) is 18.5 Å². The molecule has 3 heteroatoms. The van der Waals surface area contributed by atoms with E-state index in [4.69, 9.17) is 4.74 Å². The fraction of sp³-hybridized carbons (Fsp3) is 0.667. The highest BCUT2D eigenvalue weighted by Gasteiger charge is 1.89. The van der Waals surface area contributed by atoms with Crippen LogP contribution in [0.15, 0.2) is 12.3 Å². The zero-order valence-electron chi connectivity index (χ0n) is 5.85. The first-order chi connectivity index (χ1) is 4.31. The first-order valence-corrected chi connectivity index (χ1v) is 3.99. The lowest BCUT2D eigenvalue weighted by Gasteiger charge is -2.04. The maximum Gasteiger partial charge on any atom is 0.188 e. The second-order valence-corrected chi connectivity index (χ2v) is 2.39. The summed E-state index contributed by atoms with van der Waals surface area (Å²) in [5.74, 6) is 1.60. The van der Waals surface area contributed by atoms with Gasteiger partial charge in [-0.15, -0.1) is 0 Å². The number of rotatable bonds is 5. The second-order valence-electron chi connectivity index (χ2n) is 1.52. The minimum Gasteiger partial charge on any atom is -0.472 e. The van der Waals surface area contributed by atoms with Gasteiger partial charge in [0, 0.05) is 7.11 Å². The van der Waals surface area contributed by atoms with E-state index in [1.807, 2.05) is 6.26 Å². The van der Waals surface area contributed by atoms with Crippen molar-refractivity contribution >= 4 is 11.8 Å². The van der Waals surface area contributed by atoms with E-state index in [0.29, 0.717) is 6.79 Å². The van der Waals surface area contributed by atoms with Gasteiger partial charge in [-0.25, -0.2) is 0 Å². The molecule has 0 fully saturated rings. The highest BCUT2D eigenvalue weighted by Crippen LogP contribution is 2.01. The molecule has 0 bridgehead atoms. The van der Waals surface area contributed by atoms with Gasteiger partial charge in [0.15, 0.2) is 6.79 Å². The van der Waals surface area contributed by atoms with Gasteiger partial charge in [-0.2, -0.15) is 11.8 Å². The summed E-state index contributed by atoms with van der Waals surface area (Å²) in [5, 5.41) is 0. The van der Waals surface area contributed by atoms with Gasteiger partial charge < -0.3 is 9.47 Å². The zero-order valence-corrected chi connectivity index (χ0v) is 6.66. The number of hydrogen-bond donors (Lipinski definition) is 0. The van der Waals surface area contributed by atoms with Gasteiger partial charge in [-0.05, 0) is 6.26 Å². The van der Waals surface area contributed by atoms with Crippen LogP contribution in [0.4, 0.5) is 0 Å². The number of ether oxygens (including phenoxy) is 2. The predicted molar refractivity (Wildman–Crippen MR) is 40.5 cm³/mol. The molecule has 0 N–H and O–H groups in total. The third-order valence-corrected chi connectivity index (χ3v) is 1.30. The molecule has 2 nitrogen and oxygen atoms in total. The molecular formula is C6H12O2S. The SMILES string of the molecule is C=C(CSC)OCOC. The highest BCUT2D eigenvalue weighted by atomic mass is 32.2. The van der Waals surface area contributed by atoms with Crippen molar-refractivity contribution < 1.29 is 9.47 Å². The minimum absolute atomic E-state index is 0.305. The number of hydrogen-bond acceptors (Lipinski definition) is 3. The average Bonchev–Trinajstić information content (AvgIpc) is 1.85. The van der Waals surface area contributed by atoms with Crippen LogP contribution in [0.1, 0.15) is 0 Å². The van der Waals surface area contributed by atoms with E-state index in [2.05, 4.69) is 11.3 Å². The molecule has 0 amide bonds. The fourth-order valence-electron chi connectivity index (χ4n) is 0.345. The summed E-state index contributed by atoms with van der Waals surface area (Å²) in [7, 11) is 1.59. The number of methoxy groups -OCH3 is 1. The highest BCUT2D eigenvalue weighted by molar-refractivity contribution is 7.98. The molecule has 0 aromatic heterocycles. The van der Waals surface area contributed by atoms with Crippen LogP contribution in [-0.4, -0.2) is 25.9 Å². The van der Waals surface area contributed by atoms with Crippen LogP contribution in [0.2, 0.25) is 0 Å². The molecule has 0 aromatic carbocycles. The Morgan fingerprint density at radius 2 is 2.33 bits per heavy atom. The van der Waals surface area contributed by atoms with Gasteiger partial charge in [0.1, 0.15) is 5.76 Å². The third kappa shape index (κ3) is 5.73. The second kappa shape index (κ2) is 5.98. The predicted octanol–water partition coefficient (Wildman–Crippen LogP) is 1.48. The van der Waals surface area contributed by atoms with E-state index >= 15 is 0 Å². The first-order valence-electron chi connectivity index (χ1n) is 2.59. The van der Waals surface area contributed by atoms with Crippen LogP contribution in [0.25, 0.3) is 0 Å². The molecule has 54 valence electrons. The Bertz CT molecular complexity index is 83.1. The van der Waals surface area contributed by atoms with E-state index in [9.17, 15) is 0 Å². The molecule has 0 radical (unpaired) electrons. The maximum atomic E-state index is 4.99. The van der Waals surface area contributed by atoms with Crippen molar-refractivity contribution in [2.75, 3.05) is 25.9 Å². The normalized spacial score (nSPS) is 9.11. The summed E-state index contributed by atoms with van der Waals surface area (Å²) < 4.78 is 9.66. The molecule has 0 atom stereocenters. The van der Waals surface area contributed by atoms with E-state index in [1.54, 1.807) is 18.9 Å². The molecule has 9 heavy (non-hydrogen) atoms. The molecule has 0 spiro atoms. The Kier molecular flexibility index (Phi) is 5.88.